The molecule has 0 heterocycles. The van der Waals surface area contributed by atoms with Gasteiger partial charge < -0.3 is 20.5 Å². The molecule has 0 aromatic rings. The Morgan fingerprint density at radius 3 is 2.33 bits per heavy atom. The monoisotopic (exact) mass is 260 g/mol. The first-order chi connectivity index (χ1) is 8.26. The molecule has 0 saturated carbocycles. The van der Waals surface area contributed by atoms with E-state index in [1.807, 2.05) is 0 Å². The normalized spacial score (nSPS) is 12.9. The molecule has 1 unspecified atom stereocenters. The van der Waals surface area contributed by atoms with Crippen molar-refractivity contribution in [2.45, 2.75) is 51.7 Å². The van der Waals surface area contributed by atoms with Gasteiger partial charge in [0.1, 0.15) is 11.6 Å². The summed E-state index contributed by atoms with van der Waals surface area (Å²) in [5.41, 5.74) is -0.495. The third-order valence-corrected chi connectivity index (χ3v) is 2.23. The summed E-state index contributed by atoms with van der Waals surface area (Å²) in [6, 6.07) is -0.522. The van der Waals surface area contributed by atoms with Crippen molar-refractivity contribution in [3.05, 3.63) is 0 Å². The van der Waals surface area contributed by atoms with Crippen LogP contribution in [-0.4, -0.2) is 42.4 Å². The molecule has 0 fully saturated rings. The Hall–Kier alpha value is -1.30. The largest absolute Gasteiger partial charge is 0.480 e. The van der Waals surface area contributed by atoms with Gasteiger partial charge >= 0.3 is 12.1 Å². The van der Waals surface area contributed by atoms with Gasteiger partial charge in [0.05, 0.1) is 0 Å². The highest BCUT2D eigenvalue weighted by Gasteiger charge is 2.16. The van der Waals surface area contributed by atoms with Gasteiger partial charge in [-0.05, 0) is 47.1 Å². The van der Waals surface area contributed by atoms with Gasteiger partial charge in [0.25, 0.3) is 0 Å². The fourth-order valence-corrected chi connectivity index (χ4v) is 1.37. The lowest BCUT2D eigenvalue weighted by Crippen LogP contribution is -2.34. The minimum absolute atomic E-state index is 0.439. The van der Waals surface area contributed by atoms with Gasteiger partial charge in [0.15, 0.2) is 0 Å². The molecule has 0 rings (SSSR count). The van der Waals surface area contributed by atoms with Crippen LogP contribution in [0.2, 0.25) is 0 Å². The molecular formula is C12H24N2O4. The summed E-state index contributed by atoms with van der Waals surface area (Å²) in [5, 5.41) is 14.1. The number of hydrogen-bond acceptors (Lipinski definition) is 4. The smallest absolute Gasteiger partial charge is 0.407 e. The van der Waals surface area contributed by atoms with Crippen LogP contribution in [0.4, 0.5) is 4.79 Å². The van der Waals surface area contributed by atoms with Crippen LogP contribution in [0.15, 0.2) is 0 Å². The lowest BCUT2D eigenvalue weighted by atomic mass is 10.1. The molecule has 0 aliphatic rings. The van der Waals surface area contributed by atoms with Crippen LogP contribution in [0.3, 0.4) is 0 Å². The zero-order valence-electron chi connectivity index (χ0n) is 11.6. The summed E-state index contributed by atoms with van der Waals surface area (Å²) in [6.07, 6.45) is 1.56. The Morgan fingerprint density at radius 1 is 1.28 bits per heavy atom. The van der Waals surface area contributed by atoms with Crippen LogP contribution >= 0.6 is 0 Å². The quantitative estimate of drug-likeness (QED) is 0.601. The molecular weight excluding hydrogens is 236 g/mol. The maximum Gasteiger partial charge on any atom is 0.407 e. The molecule has 3 N–H and O–H groups in total. The third kappa shape index (κ3) is 8.81. The second kappa shape index (κ2) is 7.92. The summed E-state index contributed by atoms with van der Waals surface area (Å²) in [7, 11) is 1.62. The van der Waals surface area contributed by atoms with Crippen molar-refractivity contribution in [3.63, 3.8) is 0 Å². The number of unbranched alkanes of at least 4 members (excludes halogenated alkanes) is 1. The number of amides is 1. The Bertz CT molecular complexity index is 274. The highest BCUT2D eigenvalue weighted by Crippen LogP contribution is 2.06. The lowest BCUT2D eigenvalue weighted by molar-refractivity contribution is -0.139. The highest BCUT2D eigenvalue weighted by molar-refractivity contribution is 5.73. The van der Waals surface area contributed by atoms with E-state index in [1.165, 1.54) is 0 Å². The molecule has 0 radical (unpaired) electrons. The summed E-state index contributed by atoms with van der Waals surface area (Å²) in [5.74, 6) is -0.849. The zero-order chi connectivity index (χ0) is 14.2. The maximum absolute atomic E-state index is 11.3. The molecule has 106 valence electrons. The van der Waals surface area contributed by atoms with Crippen LogP contribution < -0.4 is 10.6 Å². The van der Waals surface area contributed by atoms with E-state index < -0.39 is 23.7 Å². The van der Waals surface area contributed by atoms with Gasteiger partial charge in [-0.3, -0.25) is 4.79 Å². The minimum Gasteiger partial charge on any atom is -0.480 e. The number of carboxylic acid groups (broad SMARTS) is 1. The molecule has 0 saturated heterocycles. The Balaban J connectivity index is 3.62. The number of carbonyl (C=O) groups is 2. The van der Waals surface area contributed by atoms with Gasteiger partial charge in [-0.25, -0.2) is 4.79 Å². The van der Waals surface area contributed by atoms with E-state index in [-0.39, 0.29) is 0 Å². The highest BCUT2D eigenvalue weighted by atomic mass is 16.6. The number of hydrogen-bond donors (Lipinski definition) is 3. The minimum atomic E-state index is -0.849. The van der Waals surface area contributed by atoms with Crippen molar-refractivity contribution < 1.29 is 19.4 Å². The zero-order valence-corrected chi connectivity index (χ0v) is 11.6. The van der Waals surface area contributed by atoms with Crippen molar-refractivity contribution in [3.8, 4) is 0 Å². The first-order valence-electron chi connectivity index (χ1n) is 6.13. The second-order valence-electron chi connectivity index (χ2n) is 5.10. The van der Waals surface area contributed by atoms with Crippen molar-refractivity contribution >= 4 is 12.1 Å². The molecule has 1 atom stereocenters. The fraction of sp³-hybridized carbons (Fsp3) is 0.833. The Morgan fingerprint density at radius 2 is 1.89 bits per heavy atom. The van der Waals surface area contributed by atoms with Crippen LogP contribution in [0.25, 0.3) is 0 Å². The molecule has 6 heteroatoms. The predicted molar refractivity (Wildman–Crippen MR) is 68.6 cm³/mol. The van der Waals surface area contributed by atoms with E-state index in [4.69, 9.17) is 9.84 Å². The first kappa shape index (κ1) is 16.7. The molecule has 0 aromatic carbocycles. The van der Waals surface area contributed by atoms with Crippen molar-refractivity contribution in [1.82, 2.24) is 10.6 Å². The number of carbonyl (C=O) groups excluding carboxylic acids is 1. The lowest BCUT2D eigenvalue weighted by Gasteiger charge is -2.19. The van der Waals surface area contributed by atoms with Crippen molar-refractivity contribution in [2.75, 3.05) is 13.6 Å². The number of ether oxygens (including phenoxy) is 1. The molecule has 1 amide bonds. The second-order valence-corrected chi connectivity index (χ2v) is 5.10. The van der Waals surface area contributed by atoms with E-state index in [0.717, 1.165) is 12.8 Å². The number of likely N-dealkylation sites (N-methyl/N-ethyl adjacent to an activating group) is 1. The maximum atomic E-state index is 11.3. The number of alkyl carbamates (subject to hydrolysis) is 1. The van der Waals surface area contributed by atoms with Gasteiger partial charge in [0.2, 0.25) is 0 Å². The predicted octanol–water partition coefficient (Wildman–Crippen LogP) is 1.35. The number of aliphatic carboxylic acids is 1. The standard InChI is InChI=1S/C12H24N2O4/c1-12(2,3)18-11(17)14-8-6-5-7-9(13-4)10(15)16/h9,13H,5-8H2,1-4H3,(H,14,17)(H,15,16). The van der Waals surface area contributed by atoms with Crippen LogP contribution in [0.1, 0.15) is 40.0 Å². The van der Waals surface area contributed by atoms with Crippen molar-refractivity contribution in [2.24, 2.45) is 0 Å². The summed E-state index contributed by atoms with van der Waals surface area (Å²) in [4.78, 5) is 22.0. The number of carboxylic acids is 1. The molecule has 0 aliphatic heterocycles. The van der Waals surface area contributed by atoms with Crippen LogP contribution in [0, 0.1) is 0 Å². The fourth-order valence-electron chi connectivity index (χ4n) is 1.37. The SMILES string of the molecule is CNC(CCCCNC(=O)OC(C)(C)C)C(=O)O. The van der Waals surface area contributed by atoms with Gasteiger partial charge in [-0.2, -0.15) is 0 Å². The molecule has 0 aliphatic carbocycles. The average Bonchev–Trinajstić information content (AvgIpc) is 2.20. The van der Waals surface area contributed by atoms with Gasteiger partial charge in [0, 0.05) is 6.54 Å². The van der Waals surface area contributed by atoms with Gasteiger partial charge in [-0.15, -0.1) is 0 Å². The van der Waals surface area contributed by atoms with Gasteiger partial charge in [-0.1, -0.05) is 0 Å². The molecule has 0 aromatic heterocycles. The van der Waals surface area contributed by atoms with E-state index in [2.05, 4.69) is 10.6 Å². The van der Waals surface area contributed by atoms with Crippen LogP contribution in [-0.2, 0) is 9.53 Å². The van der Waals surface area contributed by atoms with E-state index in [9.17, 15) is 9.59 Å². The molecule has 6 nitrogen and oxygen atoms in total. The van der Waals surface area contributed by atoms with Crippen molar-refractivity contribution in [1.29, 1.82) is 0 Å². The number of nitrogens with one attached hydrogen (secondary N) is 2. The van der Waals surface area contributed by atoms with Crippen LogP contribution in [0.5, 0.6) is 0 Å². The van der Waals surface area contributed by atoms with E-state index in [1.54, 1.807) is 27.8 Å². The molecule has 18 heavy (non-hydrogen) atoms. The topological polar surface area (TPSA) is 87.7 Å². The first-order valence-corrected chi connectivity index (χ1v) is 6.13. The van der Waals surface area contributed by atoms with E-state index >= 15 is 0 Å². The third-order valence-electron chi connectivity index (χ3n) is 2.23. The molecule has 0 bridgehead atoms. The Labute approximate surface area is 108 Å². The van der Waals surface area contributed by atoms with E-state index in [0.29, 0.717) is 13.0 Å². The molecule has 0 spiro atoms. The Kier molecular flexibility index (Phi) is 7.35. The summed E-state index contributed by atoms with van der Waals surface area (Å²) < 4.78 is 5.07. The average molecular weight is 260 g/mol. The number of rotatable bonds is 7. The summed E-state index contributed by atoms with van der Waals surface area (Å²) in [6.45, 7) is 5.90. The summed E-state index contributed by atoms with van der Waals surface area (Å²) >= 11 is 0.